The lowest BCUT2D eigenvalue weighted by Gasteiger charge is -2.03. The second-order valence-corrected chi connectivity index (χ2v) is 3.06. The molecule has 1 aromatic carbocycles. The van der Waals surface area contributed by atoms with Gasteiger partial charge in [-0.15, -0.1) is 0 Å². The summed E-state index contributed by atoms with van der Waals surface area (Å²) in [6.45, 7) is 1.85. The van der Waals surface area contributed by atoms with Crippen LogP contribution in [0.4, 0.5) is 4.39 Å². The number of benzene rings is 1. The molecule has 0 aliphatic heterocycles. The zero-order valence-corrected chi connectivity index (χ0v) is 8.64. The van der Waals surface area contributed by atoms with Crippen molar-refractivity contribution in [3.8, 4) is 6.07 Å². The summed E-state index contributed by atoms with van der Waals surface area (Å²) in [5.74, 6) is -1.46. The van der Waals surface area contributed by atoms with Crippen LogP contribution in [-0.2, 0) is 4.74 Å². The average Bonchev–Trinajstić information content (AvgIpc) is 2.22. The minimum atomic E-state index is -0.827. The second kappa shape index (κ2) is 4.76. The van der Waals surface area contributed by atoms with E-state index < -0.39 is 11.8 Å². The summed E-state index contributed by atoms with van der Waals surface area (Å²) >= 11 is 5.51. The van der Waals surface area contributed by atoms with Crippen molar-refractivity contribution >= 4 is 17.6 Å². The first kappa shape index (κ1) is 11.5. The molecule has 0 bridgehead atoms. The number of halogens is 2. The van der Waals surface area contributed by atoms with Crippen LogP contribution in [0.15, 0.2) is 12.1 Å². The van der Waals surface area contributed by atoms with Gasteiger partial charge in [0.25, 0.3) is 0 Å². The maximum absolute atomic E-state index is 13.1. The molecule has 0 N–H and O–H groups in total. The Kier molecular flexibility index (Phi) is 3.64. The zero-order chi connectivity index (χ0) is 11.4. The number of nitrogens with zero attached hydrogens (tertiary/aromatic N) is 1. The van der Waals surface area contributed by atoms with Crippen LogP contribution in [0, 0.1) is 17.1 Å². The van der Waals surface area contributed by atoms with Crippen LogP contribution in [0.2, 0.25) is 5.02 Å². The van der Waals surface area contributed by atoms with E-state index in [0.717, 1.165) is 12.1 Å². The predicted octanol–water partition coefficient (Wildman–Crippen LogP) is 2.53. The third-order valence-corrected chi connectivity index (χ3v) is 1.93. The van der Waals surface area contributed by atoms with Gasteiger partial charge in [0.2, 0.25) is 0 Å². The van der Waals surface area contributed by atoms with Gasteiger partial charge in [0.1, 0.15) is 6.07 Å². The molecule has 0 unspecified atom stereocenters. The molecule has 0 aliphatic rings. The molecule has 1 aromatic rings. The van der Waals surface area contributed by atoms with Gasteiger partial charge in [-0.25, -0.2) is 9.18 Å². The van der Waals surface area contributed by atoms with E-state index in [9.17, 15) is 9.18 Å². The lowest BCUT2D eigenvalue weighted by Crippen LogP contribution is -2.05. The van der Waals surface area contributed by atoms with E-state index in [1.165, 1.54) is 0 Å². The van der Waals surface area contributed by atoms with Crippen molar-refractivity contribution in [2.75, 3.05) is 6.61 Å². The number of esters is 1. The first-order chi connectivity index (χ1) is 7.10. The highest BCUT2D eigenvalue weighted by Crippen LogP contribution is 2.20. The van der Waals surface area contributed by atoms with Gasteiger partial charge in [-0.1, -0.05) is 11.6 Å². The molecule has 5 heteroatoms. The largest absolute Gasteiger partial charge is 0.462 e. The van der Waals surface area contributed by atoms with Gasteiger partial charge < -0.3 is 4.74 Å². The predicted molar refractivity (Wildman–Crippen MR) is 52.1 cm³/mol. The molecule has 0 heterocycles. The van der Waals surface area contributed by atoms with Crippen molar-refractivity contribution in [3.05, 3.63) is 34.1 Å². The van der Waals surface area contributed by atoms with E-state index in [2.05, 4.69) is 0 Å². The highest BCUT2D eigenvalue weighted by Gasteiger charge is 2.14. The van der Waals surface area contributed by atoms with Crippen LogP contribution in [0.5, 0.6) is 0 Å². The van der Waals surface area contributed by atoms with Gasteiger partial charge in [0.15, 0.2) is 5.82 Å². The van der Waals surface area contributed by atoms with Crippen LogP contribution in [0.25, 0.3) is 0 Å². The van der Waals surface area contributed by atoms with Crippen molar-refractivity contribution in [1.29, 1.82) is 5.26 Å². The van der Waals surface area contributed by atoms with Gasteiger partial charge in [0.05, 0.1) is 22.8 Å². The Balaban J connectivity index is 3.18. The second-order valence-electron chi connectivity index (χ2n) is 2.65. The highest BCUT2D eigenvalue weighted by atomic mass is 35.5. The molecule has 0 saturated heterocycles. The molecule has 0 radical (unpaired) electrons. The number of nitriles is 1. The Bertz CT molecular complexity index is 440. The van der Waals surface area contributed by atoms with E-state index in [0.29, 0.717) is 0 Å². The van der Waals surface area contributed by atoms with Crippen molar-refractivity contribution < 1.29 is 13.9 Å². The third-order valence-electron chi connectivity index (χ3n) is 1.66. The summed E-state index contributed by atoms with van der Waals surface area (Å²) in [6.07, 6.45) is 0. The van der Waals surface area contributed by atoms with Crippen molar-refractivity contribution in [3.63, 3.8) is 0 Å². The fourth-order valence-corrected chi connectivity index (χ4v) is 1.22. The molecular weight excluding hydrogens is 221 g/mol. The number of carbonyl (C=O) groups is 1. The SMILES string of the molecule is CCOC(=O)c1cc(Cl)c(F)c(C#N)c1. The van der Waals surface area contributed by atoms with Crippen LogP contribution in [0.3, 0.4) is 0 Å². The molecule has 0 atom stereocenters. The van der Waals surface area contributed by atoms with E-state index in [1.54, 1.807) is 13.0 Å². The van der Waals surface area contributed by atoms with Crippen molar-refractivity contribution in [2.24, 2.45) is 0 Å². The minimum Gasteiger partial charge on any atom is -0.462 e. The smallest absolute Gasteiger partial charge is 0.338 e. The summed E-state index contributed by atoms with van der Waals surface area (Å²) in [5.41, 5.74) is -0.203. The fraction of sp³-hybridized carbons (Fsp3) is 0.200. The first-order valence-corrected chi connectivity index (χ1v) is 4.54. The normalized spacial score (nSPS) is 9.47. The quantitative estimate of drug-likeness (QED) is 0.730. The van der Waals surface area contributed by atoms with Gasteiger partial charge >= 0.3 is 5.97 Å². The van der Waals surface area contributed by atoms with Crippen molar-refractivity contribution in [1.82, 2.24) is 0 Å². The number of carbonyl (C=O) groups excluding carboxylic acids is 1. The molecule has 78 valence electrons. The Morgan fingerprint density at radius 3 is 2.87 bits per heavy atom. The summed E-state index contributed by atoms with van der Waals surface area (Å²) in [4.78, 5) is 11.3. The molecule has 0 saturated carbocycles. The summed E-state index contributed by atoms with van der Waals surface area (Å²) in [7, 11) is 0. The average molecular weight is 228 g/mol. The Labute approximate surface area is 91.0 Å². The zero-order valence-electron chi connectivity index (χ0n) is 7.88. The van der Waals surface area contributed by atoms with Crippen LogP contribution in [-0.4, -0.2) is 12.6 Å². The van der Waals surface area contributed by atoms with E-state index >= 15 is 0 Å². The molecule has 0 spiro atoms. The number of hydrogen-bond donors (Lipinski definition) is 0. The highest BCUT2D eigenvalue weighted by molar-refractivity contribution is 6.31. The van der Waals surface area contributed by atoms with Gasteiger partial charge in [-0.2, -0.15) is 5.26 Å². The Morgan fingerprint density at radius 1 is 1.67 bits per heavy atom. The molecule has 0 aromatic heterocycles. The van der Waals surface area contributed by atoms with E-state index in [4.69, 9.17) is 21.6 Å². The van der Waals surface area contributed by atoms with Gasteiger partial charge in [-0.05, 0) is 19.1 Å². The molecule has 0 aliphatic carbocycles. The van der Waals surface area contributed by atoms with Gasteiger partial charge in [-0.3, -0.25) is 0 Å². The molecule has 0 fully saturated rings. The standard InChI is InChI=1S/C10H7ClFNO2/c1-2-15-10(14)6-3-7(5-13)9(12)8(11)4-6/h3-4H,2H2,1H3. The lowest BCUT2D eigenvalue weighted by atomic mass is 10.1. The summed E-state index contributed by atoms with van der Waals surface area (Å²) < 4.78 is 17.8. The van der Waals surface area contributed by atoms with E-state index in [-0.39, 0.29) is 22.8 Å². The molecular formula is C10H7ClFNO2. The monoisotopic (exact) mass is 227 g/mol. The van der Waals surface area contributed by atoms with Gasteiger partial charge in [0, 0.05) is 0 Å². The fourth-order valence-electron chi connectivity index (χ4n) is 1.00. The molecule has 3 nitrogen and oxygen atoms in total. The van der Waals surface area contributed by atoms with Crippen LogP contribution in [0.1, 0.15) is 22.8 Å². The van der Waals surface area contributed by atoms with Crippen LogP contribution < -0.4 is 0 Å². The van der Waals surface area contributed by atoms with Crippen LogP contribution >= 0.6 is 11.6 Å². The Morgan fingerprint density at radius 2 is 2.33 bits per heavy atom. The third kappa shape index (κ3) is 2.45. The summed E-state index contributed by atoms with van der Waals surface area (Å²) in [5, 5.41) is 8.31. The first-order valence-electron chi connectivity index (χ1n) is 4.16. The lowest BCUT2D eigenvalue weighted by molar-refractivity contribution is 0.0526. The molecule has 15 heavy (non-hydrogen) atoms. The minimum absolute atomic E-state index is 0.0693. The molecule has 1 rings (SSSR count). The summed E-state index contributed by atoms with van der Waals surface area (Å²) in [6, 6.07) is 3.85. The van der Waals surface area contributed by atoms with Crippen molar-refractivity contribution in [2.45, 2.75) is 6.92 Å². The topological polar surface area (TPSA) is 50.1 Å². The molecule has 0 amide bonds. The number of hydrogen-bond acceptors (Lipinski definition) is 3. The number of rotatable bonds is 2. The maximum atomic E-state index is 13.1. The Hall–Kier alpha value is -1.60. The maximum Gasteiger partial charge on any atom is 0.338 e. The number of ether oxygens (including phenoxy) is 1. The van der Waals surface area contributed by atoms with E-state index in [1.807, 2.05) is 0 Å².